The van der Waals surface area contributed by atoms with Gasteiger partial charge in [-0.25, -0.2) is 8.42 Å². The molecule has 0 saturated heterocycles. The Bertz CT molecular complexity index is 760. The number of nitrogens with one attached hydrogen (secondary N) is 2. The molecular weight excluding hydrogens is 320 g/mol. The fourth-order valence-electron chi connectivity index (χ4n) is 1.64. The molecular formula is C11H13ClN4O4S. The molecule has 0 unspecified atom stereocenters. The van der Waals surface area contributed by atoms with E-state index in [0.717, 1.165) is 6.20 Å². The highest BCUT2D eigenvalue weighted by atomic mass is 35.5. The lowest BCUT2D eigenvalue weighted by Crippen LogP contribution is -2.14. The van der Waals surface area contributed by atoms with Gasteiger partial charge in [0.15, 0.2) is 0 Å². The monoisotopic (exact) mass is 332 g/mol. The minimum absolute atomic E-state index is 0.0672. The summed E-state index contributed by atoms with van der Waals surface area (Å²) >= 11 is 5.96. The molecule has 0 fully saturated rings. The molecule has 0 spiro atoms. The summed E-state index contributed by atoms with van der Waals surface area (Å²) in [6.45, 7) is 0. The van der Waals surface area contributed by atoms with E-state index in [1.165, 1.54) is 26.4 Å². The van der Waals surface area contributed by atoms with Crippen LogP contribution in [0.4, 0.5) is 11.5 Å². The molecule has 1 aromatic heterocycles. The minimum atomic E-state index is -3.92. The van der Waals surface area contributed by atoms with Crippen molar-refractivity contribution in [1.29, 1.82) is 0 Å². The van der Waals surface area contributed by atoms with E-state index in [2.05, 4.69) is 14.9 Å². The fraction of sp³-hybridized carbons (Fsp3) is 0.182. The zero-order valence-corrected chi connectivity index (χ0v) is 12.7. The van der Waals surface area contributed by atoms with Crippen molar-refractivity contribution in [2.45, 2.75) is 4.90 Å². The summed E-state index contributed by atoms with van der Waals surface area (Å²) in [5.74, 6) is 0.476. The summed E-state index contributed by atoms with van der Waals surface area (Å²) in [7, 11) is -1.11. The highest BCUT2D eigenvalue weighted by Crippen LogP contribution is 2.37. The number of hydrogen-bond acceptors (Lipinski definition) is 6. The number of nitrogens with two attached hydrogens (primary N) is 1. The normalized spacial score (nSPS) is 11.2. The first-order chi connectivity index (χ1) is 9.89. The number of ether oxygens (including phenoxy) is 2. The lowest BCUT2D eigenvalue weighted by Gasteiger charge is -2.13. The Kier molecular flexibility index (Phi) is 4.14. The summed E-state index contributed by atoms with van der Waals surface area (Å²) in [5.41, 5.74) is 5.68. The van der Waals surface area contributed by atoms with Gasteiger partial charge in [0, 0.05) is 12.1 Å². The molecule has 0 aliphatic heterocycles. The smallest absolute Gasteiger partial charge is 0.267 e. The summed E-state index contributed by atoms with van der Waals surface area (Å²) in [6.07, 6.45) is 1.11. The number of hydrogen-bond donors (Lipinski definition) is 3. The second-order valence-electron chi connectivity index (χ2n) is 3.94. The maximum absolute atomic E-state index is 12.3. The molecule has 2 rings (SSSR count). The molecule has 0 atom stereocenters. The quantitative estimate of drug-likeness (QED) is 0.762. The molecule has 0 bridgehead atoms. The van der Waals surface area contributed by atoms with E-state index in [0.29, 0.717) is 10.8 Å². The van der Waals surface area contributed by atoms with Crippen molar-refractivity contribution in [2.24, 2.45) is 0 Å². The van der Waals surface area contributed by atoms with Crippen molar-refractivity contribution in [3.8, 4) is 11.5 Å². The maximum atomic E-state index is 12.3. The first-order valence-electron chi connectivity index (χ1n) is 5.62. The van der Waals surface area contributed by atoms with Crippen molar-refractivity contribution in [2.75, 3.05) is 24.7 Å². The number of anilines is 2. The molecule has 0 radical (unpaired) electrons. The maximum Gasteiger partial charge on any atom is 0.267 e. The Hall–Kier alpha value is -2.13. The molecule has 21 heavy (non-hydrogen) atoms. The average Bonchev–Trinajstić information content (AvgIpc) is 2.87. The van der Waals surface area contributed by atoms with E-state index in [9.17, 15) is 8.42 Å². The zero-order chi connectivity index (χ0) is 15.6. The van der Waals surface area contributed by atoms with Crippen LogP contribution in [0.15, 0.2) is 23.2 Å². The molecule has 0 amide bonds. The van der Waals surface area contributed by atoms with Crippen LogP contribution in [-0.2, 0) is 10.0 Å². The van der Waals surface area contributed by atoms with Crippen LogP contribution in [0.5, 0.6) is 11.5 Å². The van der Waals surface area contributed by atoms with Gasteiger partial charge in [0.1, 0.15) is 22.2 Å². The van der Waals surface area contributed by atoms with Crippen molar-refractivity contribution >= 4 is 33.1 Å². The van der Waals surface area contributed by atoms with Crippen LogP contribution >= 0.6 is 11.6 Å². The Balaban J connectivity index is 2.46. The van der Waals surface area contributed by atoms with Crippen LogP contribution in [0.3, 0.4) is 0 Å². The third-order valence-corrected chi connectivity index (χ3v) is 4.33. The van der Waals surface area contributed by atoms with Gasteiger partial charge in [0.2, 0.25) is 0 Å². The number of sulfonamides is 1. The lowest BCUT2D eigenvalue weighted by molar-refractivity contribution is 0.405. The van der Waals surface area contributed by atoms with Gasteiger partial charge in [-0.2, -0.15) is 5.10 Å². The molecule has 0 aliphatic rings. The number of methoxy groups -OCH3 is 2. The van der Waals surface area contributed by atoms with Gasteiger partial charge in [0.05, 0.1) is 31.1 Å². The number of benzene rings is 1. The predicted molar refractivity (Wildman–Crippen MR) is 78.4 cm³/mol. The highest BCUT2D eigenvalue weighted by Gasteiger charge is 2.22. The van der Waals surface area contributed by atoms with Crippen molar-refractivity contribution in [3.63, 3.8) is 0 Å². The molecule has 10 heteroatoms. The van der Waals surface area contributed by atoms with E-state index in [-0.39, 0.29) is 22.2 Å². The number of nitrogens with zero attached hydrogens (tertiary/aromatic N) is 1. The second kappa shape index (κ2) is 5.70. The van der Waals surface area contributed by atoms with Crippen LogP contribution in [0.1, 0.15) is 0 Å². The molecule has 2 aromatic rings. The Labute approximate surface area is 126 Å². The van der Waals surface area contributed by atoms with Gasteiger partial charge in [-0.15, -0.1) is 0 Å². The van der Waals surface area contributed by atoms with Crippen LogP contribution < -0.4 is 19.9 Å². The first kappa shape index (κ1) is 15.3. The minimum Gasteiger partial charge on any atom is -0.495 e. The Morgan fingerprint density at radius 3 is 2.48 bits per heavy atom. The third-order valence-electron chi connectivity index (χ3n) is 2.64. The number of aromatic nitrogens is 2. The second-order valence-corrected chi connectivity index (χ2v) is 6.00. The molecule has 0 saturated carbocycles. The summed E-state index contributed by atoms with van der Waals surface area (Å²) in [5, 5.41) is 6.22. The van der Waals surface area contributed by atoms with Gasteiger partial charge in [0.25, 0.3) is 10.0 Å². The first-order valence-corrected chi connectivity index (χ1v) is 7.48. The average molecular weight is 333 g/mol. The number of rotatable bonds is 5. The number of halogens is 1. The van der Waals surface area contributed by atoms with Crippen LogP contribution in [0.25, 0.3) is 0 Å². The highest BCUT2D eigenvalue weighted by molar-refractivity contribution is 7.92. The van der Waals surface area contributed by atoms with E-state index >= 15 is 0 Å². The van der Waals surface area contributed by atoms with Crippen molar-refractivity contribution in [3.05, 3.63) is 23.4 Å². The number of H-pyrrole nitrogens is 1. The van der Waals surface area contributed by atoms with E-state index in [1.807, 2.05) is 0 Å². The zero-order valence-electron chi connectivity index (χ0n) is 11.2. The fourth-order valence-corrected chi connectivity index (χ4v) is 2.96. The molecule has 4 N–H and O–H groups in total. The largest absolute Gasteiger partial charge is 0.495 e. The van der Waals surface area contributed by atoms with E-state index < -0.39 is 10.0 Å². The summed E-state index contributed by atoms with van der Waals surface area (Å²) < 4.78 is 37.0. The Morgan fingerprint density at radius 1 is 1.29 bits per heavy atom. The van der Waals surface area contributed by atoms with Crippen LogP contribution in [-0.4, -0.2) is 32.8 Å². The van der Waals surface area contributed by atoms with Gasteiger partial charge in [-0.05, 0) is 0 Å². The molecule has 1 aromatic carbocycles. The van der Waals surface area contributed by atoms with Gasteiger partial charge in [-0.3, -0.25) is 9.82 Å². The number of aromatic amines is 1. The summed E-state index contributed by atoms with van der Waals surface area (Å²) in [6, 6.07) is 2.85. The van der Waals surface area contributed by atoms with Crippen LogP contribution in [0.2, 0.25) is 5.02 Å². The molecule has 8 nitrogen and oxygen atoms in total. The molecule has 114 valence electrons. The third kappa shape index (κ3) is 2.98. The number of nitrogen functional groups attached to an aromatic ring is 1. The Morgan fingerprint density at radius 2 is 1.95 bits per heavy atom. The summed E-state index contributed by atoms with van der Waals surface area (Å²) in [4.78, 5) is -0.168. The van der Waals surface area contributed by atoms with E-state index in [4.69, 9.17) is 26.8 Å². The van der Waals surface area contributed by atoms with Crippen LogP contribution in [0, 0.1) is 0 Å². The predicted octanol–water partition coefficient (Wildman–Crippen LogP) is 1.46. The van der Waals surface area contributed by atoms with Gasteiger partial charge >= 0.3 is 0 Å². The van der Waals surface area contributed by atoms with Crippen molar-refractivity contribution < 1.29 is 17.9 Å². The topological polar surface area (TPSA) is 119 Å². The molecule has 1 heterocycles. The van der Waals surface area contributed by atoms with Gasteiger partial charge < -0.3 is 15.2 Å². The lowest BCUT2D eigenvalue weighted by atomic mass is 10.3. The molecule has 0 aliphatic carbocycles. The van der Waals surface area contributed by atoms with E-state index in [1.54, 1.807) is 0 Å². The van der Waals surface area contributed by atoms with Gasteiger partial charge in [-0.1, -0.05) is 11.6 Å². The SMILES string of the molecule is COc1cc(NS(=O)(=O)c2cn[nH]c2N)c(OC)cc1Cl. The standard InChI is InChI=1S/C11H13ClN4O4S/c1-19-8-4-7(9(20-2)3-6(8)12)16-21(17,18)10-5-14-15-11(10)13/h3-5,16H,1-2H3,(H3,13,14,15). The van der Waals surface area contributed by atoms with Crippen molar-refractivity contribution in [1.82, 2.24) is 10.2 Å².